The van der Waals surface area contributed by atoms with E-state index in [1.807, 2.05) is 80.5 Å². The van der Waals surface area contributed by atoms with E-state index in [-0.39, 0.29) is 23.8 Å². The van der Waals surface area contributed by atoms with E-state index < -0.39 is 29.3 Å². The number of amides is 3. The highest BCUT2D eigenvalue weighted by molar-refractivity contribution is 5.93. The molecule has 0 aliphatic heterocycles. The number of carbonyl (C=O) groups is 3. The lowest BCUT2D eigenvalue weighted by Crippen LogP contribution is -2.60. The molecular formula is C28H47N3O4. The van der Waals surface area contributed by atoms with Gasteiger partial charge in [-0.2, -0.15) is 0 Å². The van der Waals surface area contributed by atoms with E-state index in [9.17, 15) is 14.4 Å². The molecule has 1 rings (SSSR count). The summed E-state index contributed by atoms with van der Waals surface area (Å²) >= 11 is 0. The van der Waals surface area contributed by atoms with Crippen LogP contribution < -0.4 is 10.6 Å². The first-order chi connectivity index (χ1) is 15.9. The van der Waals surface area contributed by atoms with Gasteiger partial charge in [-0.1, -0.05) is 38.5 Å². The fourth-order valence-corrected chi connectivity index (χ4v) is 3.94. The Bertz CT molecular complexity index is 896. The Kier molecular flexibility index (Phi) is 10.4. The van der Waals surface area contributed by atoms with Gasteiger partial charge in [-0.15, -0.1) is 0 Å². The molecule has 0 heterocycles. The van der Waals surface area contributed by atoms with Crippen molar-refractivity contribution in [1.82, 2.24) is 15.5 Å². The molecule has 1 aromatic rings. The number of nitrogens with one attached hydrogen (secondary N) is 2. The molecule has 1 aromatic carbocycles. The number of benzene rings is 1. The number of alkyl carbamates (subject to hydrolysis) is 1. The molecule has 0 spiro atoms. The molecule has 35 heavy (non-hydrogen) atoms. The molecule has 0 saturated carbocycles. The molecule has 3 unspecified atom stereocenters. The summed E-state index contributed by atoms with van der Waals surface area (Å²) in [6.45, 7) is 22.7. The number of hydrogen-bond donors (Lipinski definition) is 2. The maximum Gasteiger partial charge on any atom is 0.408 e. The Hall–Kier alpha value is -2.57. The molecule has 7 heteroatoms. The summed E-state index contributed by atoms with van der Waals surface area (Å²) in [6, 6.07) is 3.98. The van der Waals surface area contributed by atoms with Crippen molar-refractivity contribution in [3.05, 3.63) is 34.9 Å². The van der Waals surface area contributed by atoms with Crippen LogP contribution in [0.5, 0.6) is 0 Å². The predicted molar refractivity (Wildman–Crippen MR) is 141 cm³/mol. The van der Waals surface area contributed by atoms with Crippen LogP contribution in [0, 0.1) is 19.8 Å². The first kappa shape index (κ1) is 30.5. The molecule has 0 fully saturated rings. The zero-order valence-electron chi connectivity index (χ0n) is 23.8. The highest BCUT2D eigenvalue weighted by atomic mass is 16.6. The maximum absolute atomic E-state index is 14.3. The minimum absolute atomic E-state index is 0.0997. The van der Waals surface area contributed by atoms with Crippen molar-refractivity contribution in [2.24, 2.45) is 5.92 Å². The number of carbonyl (C=O) groups excluding carboxylic acids is 3. The second kappa shape index (κ2) is 11.9. The Morgan fingerprint density at radius 3 is 2.00 bits per heavy atom. The van der Waals surface area contributed by atoms with Crippen LogP contribution in [-0.4, -0.2) is 46.0 Å². The van der Waals surface area contributed by atoms with Gasteiger partial charge in [0.15, 0.2) is 0 Å². The summed E-state index contributed by atoms with van der Waals surface area (Å²) in [6.07, 6.45) is 0.0104. The zero-order valence-corrected chi connectivity index (χ0v) is 23.8. The van der Waals surface area contributed by atoms with Crippen LogP contribution in [0.3, 0.4) is 0 Å². The third kappa shape index (κ3) is 8.55. The third-order valence-corrected chi connectivity index (χ3v) is 5.99. The molecule has 7 nitrogen and oxygen atoms in total. The van der Waals surface area contributed by atoms with Gasteiger partial charge >= 0.3 is 6.09 Å². The van der Waals surface area contributed by atoms with Crippen molar-refractivity contribution in [2.45, 2.75) is 119 Å². The lowest BCUT2D eigenvalue weighted by Gasteiger charge is -2.44. The minimum atomic E-state index is -0.864. The van der Waals surface area contributed by atoms with Crippen molar-refractivity contribution < 1.29 is 19.1 Å². The fourth-order valence-electron chi connectivity index (χ4n) is 3.94. The van der Waals surface area contributed by atoms with Crippen LogP contribution in [0.15, 0.2) is 18.2 Å². The molecule has 3 amide bonds. The molecule has 0 aliphatic carbocycles. The SMILES string of the molecule is CCC(C)C(NC(=O)OC(C)(C)C)C(=O)N(C(C(=O)NC(C)C)c1cccc(C)c1C)C(C)(C)C. The smallest absolute Gasteiger partial charge is 0.408 e. The van der Waals surface area contributed by atoms with E-state index in [0.717, 1.165) is 16.7 Å². The highest BCUT2D eigenvalue weighted by Crippen LogP contribution is 2.33. The molecule has 0 radical (unpaired) electrons. The molecule has 3 atom stereocenters. The van der Waals surface area contributed by atoms with Gasteiger partial charge in [-0.3, -0.25) is 9.59 Å². The summed E-state index contributed by atoms with van der Waals surface area (Å²) in [7, 11) is 0. The van der Waals surface area contributed by atoms with Gasteiger partial charge in [0.25, 0.3) is 0 Å². The van der Waals surface area contributed by atoms with Crippen molar-refractivity contribution >= 4 is 17.9 Å². The number of hydrogen-bond acceptors (Lipinski definition) is 4. The van der Waals surface area contributed by atoms with E-state index in [0.29, 0.717) is 6.42 Å². The fraction of sp³-hybridized carbons (Fsp3) is 0.679. The normalized spacial score (nSPS) is 14.7. The summed E-state index contributed by atoms with van der Waals surface area (Å²) in [5.74, 6) is -0.744. The van der Waals surface area contributed by atoms with Crippen LogP contribution in [0.25, 0.3) is 0 Å². The molecule has 0 aromatic heterocycles. The number of ether oxygens (including phenoxy) is 1. The lowest BCUT2D eigenvalue weighted by atomic mass is 9.89. The van der Waals surface area contributed by atoms with Crippen molar-refractivity contribution in [3.8, 4) is 0 Å². The number of nitrogens with zero attached hydrogens (tertiary/aromatic N) is 1. The van der Waals surface area contributed by atoms with Crippen LogP contribution in [-0.2, 0) is 14.3 Å². The summed E-state index contributed by atoms with van der Waals surface area (Å²) in [4.78, 5) is 42.3. The third-order valence-electron chi connectivity index (χ3n) is 5.99. The van der Waals surface area contributed by atoms with Crippen LogP contribution in [0.1, 0.15) is 98.4 Å². The van der Waals surface area contributed by atoms with Crippen LogP contribution in [0.4, 0.5) is 4.79 Å². The summed E-state index contributed by atoms with van der Waals surface area (Å²) in [5.41, 5.74) is 1.35. The molecule has 198 valence electrons. The molecule has 0 saturated heterocycles. The Morgan fingerprint density at radius 2 is 1.54 bits per heavy atom. The topological polar surface area (TPSA) is 87.7 Å². The Labute approximate surface area is 212 Å². The van der Waals surface area contributed by atoms with Crippen molar-refractivity contribution in [2.75, 3.05) is 0 Å². The van der Waals surface area contributed by atoms with Gasteiger partial charge in [0.1, 0.15) is 17.7 Å². The highest BCUT2D eigenvalue weighted by Gasteiger charge is 2.43. The van der Waals surface area contributed by atoms with Gasteiger partial charge in [-0.25, -0.2) is 4.79 Å². The zero-order chi connectivity index (χ0) is 27.3. The monoisotopic (exact) mass is 489 g/mol. The standard InChI is InChI=1S/C28H47N3O4/c1-13-18(4)22(30-26(34)35-28(10,11)12)25(33)31(27(7,8)9)23(24(32)29-17(2)3)21-16-14-15-19(5)20(21)6/h14-18,22-23H,13H2,1-12H3,(H,29,32)(H,30,34). The van der Waals surface area contributed by atoms with Gasteiger partial charge in [0, 0.05) is 11.6 Å². The average Bonchev–Trinajstić information content (AvgIpc) is 2.68. The van der Waals surface area contributed by atoms with Gasteiger partial charge in [-0.05, 0) is 91.8 Å². The summed E-state index contributed by atoms with van der Waals surface area (Å²) in [5, 5.41) is 5.81. The molecule has 0 aliphatic rings. The van der Waals surface area contributed by atoms with E-state index >= 15 is 0 Å². The minimum Gasteiger partial charge on any atom is -0.444 e. The Morgan fingerprint density at radius 1 is 0.971 bits per heavy atom. The van der Waals surface area contributed by atoms with E-state index in [1.54, 1.807) is 25.7 Å². The molecular weight excluding hydrogens is 442 g/mol. The first-order valence-corrected chi connectivity index (χ1v) is 12.6. The quantitative estimate of drug-likeness (QED) is 0.509. The van der Waals surface area contributed by atoms with Crippen LogP contribution >= 0.6 is 0 Å². The molecule has 2 N–H and O–H groups in total. The number of rotatable bonds is 8. The molecule has 0 bridgehead atoms. The van der Waals surface area contributed by atoms with E-state index in [4.69, 9.17) is 4.74 Å². The van der Waals surface area contributed by atoms with Gasteiger partial charge < -0.3 is 20.3 Å². The van der Waals surface area contributed by atoms with E-state index in [1.165, 1.54) is 0 Å². The van der Waals surface area contributed by atoms with Crippen LogP contribution in [0.2, 0.25) is 0 Å². The van der Waals surface area contributed by atoms with Gasteiger partial charge in [0.05, 0.1) is 0 Å². The van der Waals surface area contributed by atoms with Crippen molar-refractivity contribution in [3.63, 3.8) is 0 Å². The van der Waals surface area contributed by atoms with Gasteiger partial charge in [0.2, 0.25) is 11.8 Å². The summed E-state index contributed by atoms with van der Waals surface area (Å²) < 4.78 is 5.46. The predicted octanol–water partition coefficient (Wildman–Crippen LogP) is 5.44. The average molecular weight is 490 g/mol. The first-order valence-electron chi connectivity index (χ1n) is 12.6. The second-order valence-corrected chi connectivity index (χ2v) is 11.7. The Balaban J connectivity index is 3.68. The maximum atomic E-state index is 14.3. The van der Waals surface area contributed by atoms with Crippen molar-refractivity contribution in [1.29, 1.82) is 0 Å². The number of aryl methyl sites for hydroxylation is 1. The second-order valence-electron chi connectivity index (χ2n) is 11.7. The largest absolute Gasteiger partial charge is 0.444 e. The van der Waals surface area contributed by atoms with E-state index in [2.05, 4.69) is 10.6 Å². The lowest BCUT2D eigenvalue weighted by molar-refractivity contribution is -0.149.